The maximum Gasteiger partial charge on any atom is 0.303 e. The largest absolute Gasteiger partial charge is 0.481 e. The van der Waals surface area contributed by atoms with E-state index in [2.05, 4.69) is 9.97 Å². The molecule has 2 N–H and O–H groups in total. The lowest BCUT2D eigenvalue weighted by molar-refractivity contribution is -0.137. The van der Waals surface area contributed by atoms with Gasteiger partial charge in [-0.2, -0.15) is 0 Å². The quantitative estimate of drug-likeness (QED) is 0.656. The lowest BCUT2D eigenvalue weighted by Gasteiger charge is -1.96. The first kappa shape index (κ1) is 9.77. The fraction of sp³-hybridized carbons (Fsp3) is 0.556. The highest BCUT2D eigenvalue weighted by Crippen LogP contribution is 2.04. The molecule has 13 heavy (non-hydrogen) atoms. The molecule has 1 aromatic heterocycles. The van der Waals surface area contributed by atoms with Gasteiger partial charge in [0.2, 0.25) is 0 Å². The van der Waals surface area contributed by atoms with Gasteiger partial charge < -0.3 is 10.1 Å². The number of rotatable bonds is 6. The summed E-state index contributed by atoms with van der Waals surface area (Å²) in [6.07, 6.45) is 7.45. The van der Waals surface area contributed by atoms with Crippen LogP contribution in [0.1, 0.15) is 31.4 Å². The summed E-state index contributed by atoms with van der Waals surface area (Å²) in [5.41, 5.74) is 1.12. The molecule has 0 spiro atoms. The number of hydrogen-bond acceptors (Lipinski definition) is 2. The van der Waals surface area contributed by atoms with Crippen LogP contribution in [0.15, 0.2) is 12.5 Å². The van der Waals surface area contributed by atoms with Gasteiger partial charge in [-0.05, 0) is 19.3 Å². The third kappa shape index (κ3) is 4.30. The highest BCUT2D eigenvalue weighted by Gasteiger charge is 1.97. The fourth-order valence-electron chi connectivity index (χ4n) is 1.19. The van der Waals surface area contributed by atoms with Gasteiger partial charge in [0.1, 0.15) is 0 Å². The van der Waals surface area contributed by atoms with E-state index in [0.29, 0.717) is 0 Å². The molecule has 72 valence electrons. The molecule has 0 fully saturated rings. The maximum absolute atomic E-state index is 10.2. The number of aromatic nitrogens is 2. The Balaban J connectivity index is 1.99. The summed E-state index contributed by atoms with van der Waals surface area (Å²) in [4.78, 5) is 17.1. The first-order valence-electron chi connectivity index (χ1n) is 4.48. The standard InChI is InChI=1S/C9H14N2O2/c12-9(13)5-3-1-2-4-8-6-10-7-11-8/h6-7H,1-5H2,(H,10,11)(H,12,13). The van der Waals surface area contributed by atoms with Crippen molar-refractivity contribution in [1.82, 2.24) is 9.97 Å². The monoisotopic (exact) mass is 182 g/mol. The molecular formula is C9H14N2O2. The molecule has 0 atom stereocenters. The Morgan fingerprint density at radius 2 is 2.31 bits per heavy atom. The van der Waals surface area contributed by atoms with Crippen molar-refractivity contribution >= 4 is 5.97 Å². The van der Waals surface area contributed by atoms with Crippen LogP contribution in [-0.2, 0) is 11.2 Å². The Morgan fingerprint density at radius 3 is 2.92 bits per heavy atom. The molecule has 0 saturated heterocycles. The average molecular weight is 182 g/mol. The Hall–Kier alpha value is -1.32. The zero-order valence-electron chi connectivity index (χ0n) is 7.49. The first-order valence-corrected chi connectivity index (χ1v) is 4.48. The van der Waals surface area contributed by atoms with E-state index in [1.807, 2.05) is 0 Å². The number of H-pyrrole nitrogens is 1. The molecule has 0 saturated carbocycles. The zero-order valence-corrected chi connectivity index (χ0v) is 7.49. The summed E-state index contributed by atoms with van der Waals surface area (Å²) in [6, 6.07) is 0. The summed E-state index contributed by atoms with van der Waals surface area (Å²) in [5, 5.41) is 8.38. The van der Waals surface area contributed by atoms with E-state index in [1.54, 1.807) is 12.5 Å². The van der Waals surface area contributed by atoms with Gasteiger partial charge in [-0.25, -0.2) is 4.98 Å². The maximum atomic E-state index is 10.2. The van der Waals surface area contributed by atoms with Gasteiger partial charge in [-0.3, -0.25) is 4.79 Å². The smallest absolute Gasteiger partial charge is 0.303 e. The van der Waals surface area contributed by atoms with Crippen molar-refractivity contribution in [1.29, 1.82) is 0 Å². The summed E-state index contributed by atoms with van der Waals surface area (Å²) in [6.45, 7) is 0. The molecule has 0 aliphatic carbocycles. The van der Waals surface area contributed by atoms with Crippen LogP contribution in [0, 0.1) is 0 Å². The molecule has 0 amide bonds. The number of nitrogens with one attached hydrogen (secondary N) is 1. The van der Waals surface area contributed by atoms with Crippen LogP contribution >= 0.6 is 0 Å². The summed E-state index contributed by atoms with van der Waals surface area (Å²) < 4.78 is 0. The van der Waals surface area contributed by atoms with E-state index < -0.39 is 5.97 Å². The normalized spacial score (nSPS) is 10.2. The van der Waals surface area contributed by atoms with Crippen LogP contribution in [0.3, 0.4) is 0 Å². The van der Waals surface area contributed by atoms with E-state index in [4.69, 9.17) is 5.11 Å². The van der Waals surface area contributed by atoms with Gasteiger partial charge in [-0.15, -0.1) is 0 Å². The van der Waals surface area contributed by atoms with E-state index in [-0.39, 0.29) is 6.42 Å². The number of imidazole rings is 1. The topological polar surface area (TPSA) is 66.0 Å². The second-order valence-corrected chi connectivity index (χ2v) is 3.03. The Bertz CT molecular complexity index is 244. The third-order valence-corrected chi connectivity index (χ3v) is 1.89. The number of unbranched alkanes of at least 4 members (excludes halogenated alkanes) is 2. The number of hydrogen-bond donors (Lipinski definition) is 2. The lowest BCUT2D eigenvalue weighted by atomic mass is 10.1. The van der Waals surface area contributed by atoms with Crippen molar-refractivity contribution in [2.45, 2.75) is 32.1 Å². The van der Waals surface area contributed by atoms with Crippen molar-refractivity contribution in [2.24, 2.45) is 0 Å². The first-order chi connectivity index (χ1) is 6.29. The van der Waals surface area contributed by atoms with Crippen LogP contribution in [0.25, 0.3) is 0 Å². The second kappa shape index (κ2) is 5.35. The van der Waals surface area contributed by atoms with Gasteiger partial charge >= 0.3 is 5.97 Å². The number of carboxylic acids is 1. The van der Waals surface area contributed by atoms with Crippen molar-refractivity contribution < 1.29 is 9.90 Å². The number of nitrogens with zero attached hydrogens (tertiary/aromatic N) is 1. The van der Waals surface area contributed by atoms with Crippen LogP contribution in [0.5, 0.6) is 0 Å². The minimum atomic E-state index is -0.707. The molecule has 0 aliphatic rings. The highest BCUT2D eigenvalue weighted by atomic mass is 16.4. The fourth-order valence-corrected chi connectivity index (χ4v) is 1.19. The van der Waals surface area contributed by atoms with Crippen molar-refractivity contribution in [3.8, 4) is 0 Å². The summed E-state index contributed by atoms with van der Waals surface area (Å²) in [5.74, 6) is -0.707. The minimum Gasteiger partial charge on any atom is -0.481 e. The van der Waals surface area contributed by atoms with Crippen LogP contribution in [-0.4, -0.2) is 21.0 Å². The van der Waals surface area contributed by atoms with Gasteiger partial charge in [0, 0.05) is 18.3 Å². The Kier molecular flexibility index (Phi) is 4.02. The van der Waals surface area contributed by atoms with E-state index in [1.165, 1.54) is 0 Å². The van der Waals surface area contributed by atoms with E-state index in [9.17, 15) is 4.79 Å². The predicted molar refractivity (Wildman–Crippen MR) is 48.4 cm³/mol. The lowest BCUT2D eigenvalue weighted by Crippen LogP contribution is -1.94. The van der Waals surface area contributed by atoms with Gasteiger partial charge in [0.25, 0.3) is 0 Å². The molecule has 0 aliphatic heterocycles. The van der Waals surface area contributed by atoms with Crippen LogP contribution in [0.4, 0.5) is 0 Å². The number of carbonyl (C=O) groups is 1. The Labute approximate surface area is 77.0 Å². The predicted octanol–water partition coefficient (Wildman–Crippen LogP) is 1.60. The molecule has 0 unspecified atom stereocenters. The third-order valence-electron chi connectivity index (χ3n) is 1.89. The van der Waals surface area contributed by atoms with Gasteiger partial charge in [0.15, 0.2) is 0 Å². The highest BCUT2D eigenvalue weighted by molar-refractivity contribution is 5.66. The molecule has 1 aromatic rings. The SMILES string of the molecule is O=C(O)CCCCCc1cnc[nH]1. The molecule has 1 rings (SSSR count). The van der Waals surface area contributed by atoms with Crippen molar-refractivity contribution in [2.75, 3.05) is 0 Å². The molecule has 1 heterocycles. The molecular weight excluding hydrogens is 168 g/mol. The second-order valence-electron chi connectivity index (χ2n) is 3.03. The van der Waals surface area contributed by atoms with E-state index >= 15 is 0 Å². The number of carboxylic acid groups (broad SMARTS) is 1. The summed E-state index contributed by atoms with van der Waals surface area (Å²) in [7, 11) is 0. The number of aromatic amines is 1. The van der Waals surface area contributed by atoms with Crippen molar-refractivity contribution in [3.05, 3.63) is 18.2 Å². The zero-order chi connectivity index (χ0) is 9.52. The van der Waals surface area contributed by atoms with Gasteiger partial charge in [0.05, 0.1) is 6.33 Å². The molecule has 4 heteroatoms. The van der Waals surface area contributed by atoms with E-state index in [0.717, 1.165) is 31.4 Å². The molecule has 0 bridgehead atoms. The van der Waals surface area contributed by atoms with Gasteiger partial charge in [-0.1, -0.05) is 6.42 Å². The molecule has 0 radical (unpaired) electrons. The number of aliphatic carboxylic acids is 1. The average Bonchev–Trinajstić information content (AvgIpc) is 2.55. The number of aryl methyl sites for hydroxylation is 1. The minimum absolute atomic E-state index is 0.281. The van der Waals surface area contributed by atoms with Crippen LogP contribution in [0.2, 0.25) is 0 Å². The van der Waals surface area contributed by atoms with Crippen molar-refractivity contribution in [3.63, 3.8) is 0 Å². The van der Waals surface area contributed by atoms with Crippen LogP contribution < -0.4 is 0 Å². The summed E-state index contributed by atoms with van der Waals surface area (Å²) >= 11 is 0. The Morgan fingerprint density at radius 1 is 1.46 bits per heavy atom. The molecule has 4 nitrogen and oxygen atoms in total. The molecule has 0 aromatic carbocycles.